The van der Waals surface area contributed by atoms with E-state index in [1.54, 1.807) is 6.07 Å². The maximum Gasteiger partial charge on any atom is 0.275 e. The van der Waals surface area contributed by atoms with Gasteiger partial charge in [-0.25, -0.2) is 4.73 Å². The van der Waals surface area contributed by atoms with Crippen molar-refractivity contribution in [3.8, 4) is 0 Å². The van der Waals surface area contributed by atoms with E-state index in [2.05, 4.69) is 36.3 Å². The number of benzene rings is 1. The number of rotatable bonds is 6. The molecular weight excluding hydrogens is 316 g/mol. The Morgan fingerprint density at radius 1 is 1.28 bits per heavy atom. The molecule has 5 N–H and O–H groups in total. The molecule has 0 fully saturated rings. The van der Waals surface area contributed by atoms with Gasteiger partial charge in [0.15, 0.2) is 0 Å². The molecule has 0 bridgehead atoms. The van der Waals surface area contributed by atoms with Gasteiger partial charge in [0.2, 0.25) is 0 Å². The monoisotopic (exact) mass is 340 g/mol. The predicted molar refractivity (Wildman–Crippen MR) is 98.9 cm³/mol. The first-order valence-electron chi connectivity index (χ1n) is 8.32. The maximum atomic E-state index is 11.5. The molecule has 6 heteroatoms. The number of fused-ring (bicyclic) bond motifs is 1. The molecule has 0 aliphatic carbocycles. The lowest BCUT2D eigenvalue weighted by Crippen LogP contribution is -2.43. The first-order chi connectivity index (χ1) is 11.9. The van der Waals surface area contributed by atoms with Gasteiger partial charge >= 0.3 is 0 Å². The van der Waals surface area contributed by atoms with E-state index in [9.17, 15) is 10.3 Å². The van der Waals surface area contributed by atoms with E-state index in [-0.39, 0.29) is 11.4 Å². The van der Waals surface area contributed by atoms with Gasteiger partial charge in [-0.1, -0.05) is 18.2 Å². The van der Waals surface area contributed by atoms with Crippen LogP contribution in [0.2, 0.25) is 0 Å². The highest BCUT2D eigenvalue weighted by Crippen LogP contribution is 2.23. The van der Waals surface area contributed by atoms with Gasteiger partial charge < -0.3 is 20.6 Å². The quantitative estimate of drug-likeness (QED) is 0.407. The van der Waals surface area contributed by atoms with Crippen LogP contribution in [0.15, 0.2) is 48.8 Å². The molecule has 0 spiro atoms. The van der Waals surface area contributed by atoms with E-state index < -0.39 is 6.10 Å². The zero-order valence-corrected chi connectivity index (χ0v) is 14.5. The van der Waals surface area contributed by atoms with Crippen LogP contribution in [0.4, 0.5) is 5.82 Å². The zero-order chi connectivity index (χ0) is 18.0. The lowest BCUT2D eigenvalue weighted by atomic mass is 9.94. The number of nitrogen functional groups attached to an aromatic ring is 1. The van der Waals surface area contributed by atoms with Gasteiger partial charge in [0.25, 0.3) is 5.82 Å². The van der Waals surface area contributed by atoms with Crippen molar-refractivity contribution in [2.24, 2.45) is 0 Å². The number of hydrogen-bond donors (Lipinski definition) is 4. The summed E-state index contributed by atoms with van der Waals surface area (Å²) in [5, 5.41) is 26.5. The molecule has 1 atom stereocenters. The Kier molecular flexibility index (Phi) is 4.65. The molecule has 6 nitrogen and oxygen atoms in total. The minimum absolute atomic E-state index is 0.114. The Balaban J connectivity index is 1.65. The lowest BCUT2D eigenvalue weighted by molar-refractivity contribution is -0.590. The lowest BCUT2D eigenvalue weighted by Gasteiger charge is -2.28. The summed E-state index contributed by atoms with van der Waals surface area (Å²) in [6.45, 7) is 4.54. The van der Waals surface area contributed by atoms with Crippen LogP contribution in [0.5, 0.6) is 0 Å². The van der Waals surface area contributed by atoms with Gasteiger partial charge in [-0.2, -0.15) is 0 Å². The van der Waals surface area contributed by atoms with E-state index in [0.29, 0.717) is 16.8 Å². The van der Waals surface area contributed by atoms with Crippen molar-refractivity contribution in [1.82, 2.24) is 10.3 Å². The molecule has 0 saturated carbocycles. The number of anilines is 1. The first kappa shape index (κ1) is 17.3. The topological polar surface area (TPSA) is 101 Å². The maximum absolute atomic E-state index is 11.5. The third kappa shape index (κ3) is 3.92. The minimum Gasteiger partial charge on any atom is -0.711 e. The van der Waals surface area contributed by atoms with Crippen LogP contribution in [0.3, 0.4) is 0 Å². The zero-order valence-electron chi connectivity index (χ0n) is 14.5. The number of para-hydroxylation sites is 1. The van der Waals surface area contributed by atoms with Gasteiger partial charge in [-0.15, -0.1) is 0 Å². The van der Waals surface area contributed by atoms with E-state index in [0.717, 1.165) is 11.9 Å². The minimum atomic E-state index is -0.775. The van der Waals surface area contributed by atoms with Gasteiger partial charge in [-0.3, -0.25) is 5.73 Å². The van der Waals surface area contributed by atoms with Crippen molar-refractivity contribution in [2.75, 3.05) is 12.3 Å². The van der Waals surface area contributed by atoms with Crippen molar-refractivity contribution >= 4 is 16.7 Å². The second-order valence-electron chi connectivity index (χ2n) is 7.03. The summed E-state index contributed by atoms with van der Waals surface area (Å²) in [4.78, 5) is 3.29. The summed E-state index contributed by atoms with van der Waals surface area (Å²) in [5.74, 6) is 0.114. The summed E-state index contributed by atoms with van der Waals surface area (Å²) >= 11 is 0. The Morgan fingerprint density at radius 2 is 2.04 bits per heavy atom. The molecular formula is C19H24N4O2. The third-order valence-electron chi connectivity index (χ3n) is 4.43. The number of β-amino-alcohol motifs (C(OH)–C–C–N with tert-alkyl or cyclic N) is 1. The van der Waals surface area contributed by atoms with E-state index in [1.165, 1.54) is 23.2 Å². The molecule has 2 heterocycles. The van der Waals surface area contributed by atoms with Crippen molar-refractivity contribution in [3.63, 3.8) is 0 Å². The van der Waals surface area contributed by atoms with Crippen LogP contribution >= 0.6 is 0 Å². The highest BCUT2D eigenvalue weighted by Gasteiger charge is 2.21. The molecule has 0 amide bonds. The highest BCUT2D eigenvalue weighted by molar-refractivity contribution is 5.83. The Labute approximate surface area is 146 Å². The largest absolute Gasteiger partial charge is 0.711 e. The number of aromatic nitrogens is 2. The Hall–Kier alpha value is -2.57. The standard InChI is InChI=1S/C19H24N4O2/c1-19(2,9-14-10-21-16-6-4-3-5-15(14)16)22-11-17(24)13-7-8-18(20)23(25)12-13/h3-8,10,12,17,21-22,24H,9,11,20H2,1-2H3/t17-/m0/s1. The molecule has 0 radical (unpaired) electrons. The smallest absolute Gasteiger partial charge is 0.275 e. The molecule has 25 heavy (non-hydrogen) atoms. The molecule has 3 rings (SSSR count). The van der Waals surface area contributed by atoms with Crippen LogP contribution in [0.25, 0.3) is 10.9 Å². The molecule has 0 unspecified atom stereocenters. The number of nitrogens with two attached hydrogens (primary N) is 1. The van der Waals surface area contributed by atoms with Crippen molar-refractivity contribution in [1.29, 1.82) is 0 Å². The van der Waals surface area contributed by atoms with Crippen LogP contribution in [-0.2, 0) is 6.42 Å². The Bertz CT molecular complexity index is 873. The number of H-pyrrole nitrogens is 1. The molecule has 2 aromatic heterocycles. The van der Waals surface area contributed by atoms with Crippen LogP contribution < -0.4 is 15.8 Å². The molecule has 132 valence electrons. The number of aliphatic hydroxyl groups is 1. The van der Waals surface area contributed by atoms with Gasteiger partial charge in [0, 0.05) is 40.8 Å². The normalized spacial score (nSPS) is 13.2. The van der Waals surface area contributed by atoms with E-state index in [4.69, 9.17) is 5.73 Å². The van der Waals surface area contributed by atoms with Crippen molar-refractivity contribution < 1.29 is 9.84 Å². The molecule has 0 aliphatic heterocycles. The summed E-state index contributed by atoms with van der Waals surface area (Å²) in [5.41, 5.74) is 8.18. The number of hydrogen-bond acceptors (Lipinski definition) is 4. The summed E-state index contributed by atoms with van der Waals surface area (Å²) in [6.07, 6.45) is 3.38. The van der Waals surface area contributed by atoms with E-state index in [1.807, 2.05) is 18.3 Å². The Morgan fingerprint density at radius 3 is 2.80 bits per heavy atom. The van der Waals surface area contributed by atoms with Gasteiger partial charge in [-0.05, 0) is 38.0 Å². The van der Waals surface area contributed by atoms with Crippen molar-refractivity contribution in [2.45, 2.75) is 31.9 Å². The van der Waals surface area contributed by atoms with E-state index >= 15 is 0 Å². The average molecular weight is 340 g/mol. The molecule has 0 saturated heterocycles. The van der Waals surface area contributed by atoms with Crippen molar-refractivity contribution in [3.05, 3.63) is 65.1 Å². The summed E-state index contributed by atoms with van der Waals surface area (Å²) in [7, 11) is 0. The number of aliphatic hydroxyl groups excluding tert-OH is 1. The fourth-order valence-electron chi connectivity index (χ4n) is 3.01. The summed E-state index contributed by atoms with van der Waals surface area (Å²) in [6, 6.07) is 11.4. The second kappa shape index (κ2) is 6.74. The SMILES string of the molecule is CC(C)(Cc1c[nH]c2ccccc12)NC[C@H](O)c1ccc(N)[n+]([O-])c1. The second-order valence-corrected chi connectivity index (χ2v) is 7.03. The number of aromatic amines is 1. The number of nitrogens with one attached hydrogen (secondary N) is 2. The van der Waals surface area contributed by atoms with Gasteiger partial charge in [0.05, 0.1) is 12.3 Å². The number of pyridine rings is 1. The first-order valence-corrected chi connectivity index (χ1v) is 8.32. The predicted octanol–water partition coefficient (Wildman–Crippen LogP) is 2.03. The molecule has 3 aromatic rings. The van der Waals surface area contributed by atoms with Gasteiger partial charge in [0.1, 0.15) is 0 Å². The third-order valence-corrected chi connectivity index (χ3v) is 4.43. The highest BCUT2D eigenvalue weighted by atomic mass is 16.5. The molecule has 0 aliphatic rings. The van der Waals surface area contributed by atoms with Crippen LogP contribution in [0, 0.1) is 5.21 Å². The fourth-order valence-corrected chi connectivity index (χ4v) is 3.01. The van der Waals surface area contributed by atoms with Crippen LogP contribution in [-0.4, -0.2) is 22.2 Å². The average Bonchev–Trinajstić information content (AvgIpc) is 2.98. The summed E-state index contributed by atoms with van der Waals surface area (Å²) < 4.78 is 0.565. The number of nitrogens with zero attached hydrogens (tertiary/aromatic N) is 1. The fraction of sp³-hybridized carbons (Fsp3) is 0.316. The van der Waals surface area contributed by atoms with Crippen LogP contribution in [0.1, 0.15) is 31.1 Å². The molecule has 1 aromatic carbocycles.